The highest BCUT2D eigenvalue weighted by molar-refractivity contribution is 7.80. The third kappa shape index (κ3) is 2.51. The first-order valence-electron chi connectivity index (χ1n) is 4.45. The smallest absolute Gasteiger partial charge is 0.184 e. The molecule has 15 heavy (non-hydrogen) atoms. The molecule has 1 fully saturated rings. The second kappa shape index (κ2) is 4.79. The fraction of sp³-hybridized carbons (Fsp3) is 0.875. The second-order valence-electron chi connectivity index (χ2n) is 3.50. The summed E-state index contributed by atoms with van der Waals surface area (Å²) in [6.45, 7) is 1.38. The lowest BCUT2D eigenvalue weighted by Gasteiger charge is -2.38. The molecule has 1 aliphatic heterocycles. The first kappa shape index (κ1) is 12.9. The molecule has 0 radical (unpaired) electrons. The van der Waals surface area contributed by atoms with Gasteiger partial charge in [0.25, 0.3) is 0 Å². The van der Waals surface area contributed by atoms with Crippen molar-refractivity contribution >= 4 is 17.1 Å². The van der Waals surface area contributed by atoms with Gasteiger partial charge < -0.3 is 30.3 Å². The summed E-state index contributed by atoms with van der Waals surface area (Å²) in [7, 11) is 0. The summed E-state index contributed by atoms with van der Waals surface area (Å²) in [6.07, 6.45) is -8.44. The molecule has 0 spiro atoms. The van der Waals surface area contributed by atoms with E-state index in [-0.39, 0.29) is 4.86 Å². The Hall–Kier alpha value is -0.150. The van der Waals surface area contributed by atoms with E-state index >= 15 is 0 Å². The van der Waals surface area contributed by atoms with Crippen molar-refractivity contribution in [3.8, 4) is 0 Å². The molecule has 1 unspecified atom stereocenters. The lowest BCUT2D eigenvalue weighted by atomic mass is 9.95. The van der Waals surface area contributed by atoms with E-state index in [2.05, 4.69) is 0 Å². The van der Waals surface area contributed by atoms with E-state index in [1.54, 1.807) is 0 Å². The monoisotopic (exact) mass is 238 g/mol. The van der Waals surface area contributed by atoms with E-state index in [0.717, 1.165) is 0 Å². The lowest BCUT2D eigenvalue weighted by Crippen LogP contribution is -2.60. The molecule has 0 bridgehead atoms. The number of hydrogen-bond acceptors (Lipinski definition) is 7. The maximum Gasteiger partial charge on any atom is 0.184 e. The number of ether oxygens (including phenoxy) is 1. The number of thiocarbonyl (C=S) groups is 1. The molecule has 6 nitrogen and oxygen atoms in total. The fourth-order valence-corrected chi connectivity index (χ4v) is 1.53. The summed E-state index contributed by atoms with van der Waals surface area (Å²) in [4.78, 5) is -0.0347. The minimum atomic E-state index is -1.63. The zero-order valence-corrected chi connectivity index (χ0v) is 8.83. The predicted molar refractivity (Wildman–Crippen MR) is 53.2 cm³/mol. The van der Waals surface area contributed by atoms with Crippen molar-refractivity contribution in [3.05, 3.63) is 0 Å². The number of rotatable bonds is 2. The first-order chi connectivity index (χ1) is 6.86. The van der Waals surface area contributed by atoms with Gasteiger partial charge in [0.15, 0.2) is 6.29 Å². The molecule has 88 valence electrons. The molecule has 6 atom stereocenters. The van der Waals surface area contributed by atoms with Crippen LogP contribution in [0.5, 0.6) is 0 Å². The molecule has 1 rings (SSSR count). The maximum absolute atomic E-state index is 9.50. The zero-order chi connectivity index (χ0) is 11.7. The maximum atomic E-state index is 9.50. The SMILES string of the molecule is CC(O)C(=S)[C@H]1O[C@H](O)[C@H](O)[C@@H](O)[C@H]1O. The van der Waals surface area contributed by atoms with Crippen molar-refractivity contribution in [1.82, 2.24) is 0 Å². The van der Waals surface area contributed by atoms with E-state index < -0.39 is 36.8 Å². The molecular weight excluding hydrogens is 224 g/mol. The van der Waals surface area contributed by atoms with Crippen molar-refractivity contribution < 1.29 is 30.3 Å². The Bertz CT molecular complexity index is 245. The molecule has 0 saturated carbocycles. The highest BCUT2D eigenvalue weighted by Crippen LogP contribution is 2.21. The largest absolute Gasteiger partial charge is 0.388 e. The van der Waals surface area contributed by atoms with Gasteiger partial charge in [-0.1, -0.05) is 12.2 Å². The molecule has 0 amide bonds. The topological polar surface area (TPSA) is 110 Å². The van der Waals surface area contributed by atoms with E-state index in [1.165, 1.54) is 6.92 Å². The van der Waals surface area contributed by atoms with Crippen molar-refractivity contribution in [3.63, 3.8) is 0 Å². The van der Waals surface area contributed by atoms with Crippen LogP contribution >= 0.6 is 12.2 Å². The van der Waals surface area contributed by atoms with Crippen LogP contribution < -0.4 is 0 Å². The average molecular weight is 238 g/mol. The van der Waals surface area contributed by atoms with E-state index in [1.807, 2.05) is 0 Å². The summed E-state index contributed by atoms with van der Waals surface area (Å²) in [5, 5.41) is 46.4. The number of aliphatic hydroxyl groups is 5. The van der Waals surface area contributed by atoms with Crippen molar-refractivity contribution in [2.75, 3.05) is 0 Å². The molecule has 1 heterocycles. The minimum Gasteiger partial charge on any atom is -0.388 e. The second-order valence-corrected chi connectivity index (χ2v) is 3.97. The number of aliphatic hydroxyl groups excluding tert-OH is 5. The molecule has 0 aromatic carbocycles. The Morgan fingerprint density at radius 3 is 2.13 bits per heavy atom. The van der Waals surface area contributed by atoms with Crippen molar-refractivity contribution in [2.24, 2.45) is 0 Å². The molecule has 7 heteroatoms. The summed E-state index contributed by atoms with van der Waals surface area (Å²) < 4.78 is 4.80. The van der Waals surface area contributed by atoms with Gasteiger partial charge in [0.1, 0.15) is 24.4 Å². The Balaban J connectivity index is 2.79. The highest BCUT2D eigenvalue weighted by atomic mass is 32.1. The summed E-state index contributed by atoms with van der Waals surface area (Å²) in [5.74, 6) is 0. The lowest BCUT2D eigenvalue weighted by molar-refractivity contribution is -0.267. The van der Waals surface area contributed by atoms with Crippen LogP contribution in [0.15, 0.2) is 0 Å². The Morgan fingerprint density at radius 2 is 1.67 bits per heavy atom. The molecule has 0 aromatic rings. The molecular formula is C8H14O6S. The van der Waals surface area contributed by atoms with Gasteiger partial charge in [0.2, 0.25) is 0 Å². The van der Waals surface area contributed by atoms with Crippen LogP contribution in [-0.4, -0.2) is 67.2 Å². The summed E-state index contributed by atoms with van der Waals surface area (Å²) in [5.41, 5.74) is 0. The number of hydrogen-bond donors (Lipinski definition) is 5. The van der Waals surface area contributed by atoms with Gasteiger partial charge in [-0.3, -0.25) is 0 Å². The molecule has 5 N–H and O–H groups in total. The normalized spacial score (nSPS) is 43.7. The Kier molecular flexibility index (Phi) is 4.13. The first-order valence-corrected chi connectivity index (χ1v) is 4.86. The third-order valence-corrected chi connectivity index (χ3v) is 2.85. The van der Waals surface area contributed by atoms with E-state index in [9.17, 15) is 20.4 Å². The Morgan fingerprint density at radius 1 is 1.13 bits per heavy atom. The van der Waals surface area contributed by atoms with Crippen molar-refractivity contribution in [2.45, 2.75) is 43.7 Å². The molecule has 0 aliphatic carbocycles. The van der Waals surface area contributed by atoms with Gasteiger partial charge in [-0.2, -0.15) is 0 Å². The van der Waals surface area contributed by atoms with Crippen LogP contribution in [0, 0.1) is 0 Å². The standard InChI is InChI=1S/C8H14O6S/c1-2(9)7(15)6-4(11)3(10)5(12)8(13)14-6/h2-6,8-13H,1H3/t2?,3-,4+,5+,6-,8-/m0/s1. The van der Waals surface area contributed by atoms with Crippen LogP contribution in [0.1, 0.15) is 6.92 Å². The fourth-order valence-electron chi connectivity index (χ4n) is 1.33. The quantitative estimate of drug-likeness (QED) is 0.339. The van der Waals surface area contributed by atoms with Crippen LogP contribution in [0.3, 0.4) is 0 Å². The van der Waals surface area contributed by atoms with Gasteiger partial charge in [0.05, 0.1) is 11.0 Å². The van der Waals surface area contributed by atoms with Gasteiger partial charge in [-0.15, -0.1) is 0 Å². The predicted octanol–water partition coefficient (Wildman–Crippen LogP) is -2.46. The minimum absolute atomic E-state index is 0.0347. The van der Waals surface area contributed by atoms with Gasteiger partial charge >= 0.3 is 0 Å². The van der Waals surface area contributed by atoms with Gasteiger partial charge in [-0.05, 0) is 6.92 Å². The molecule has 1 saturated heterocycles. The van der Waals surface area contributed by atoms with E-state index in [4.69, 9.17) is 22.1 Å². The van der Waals surface area contributed by atoms with Crippen LogP contribution in [0.2, 0.25) is 0 Å². The molecule has 1 aliphatic rings. The molecule has 0 aromatic heterocycles. The zero-order valence-electron chi connectivity index (χ0n) is 8.02. The third-order valence-electron chi connectivity index (χ3n) is 2.28. The average Bonchev–Trinajstić information content (AvgIpc) is 2.19. The summed E-state index contributed by atoms with van der Waals surface area (Å²) >= 11 is 4.78. The van der Waals surface area contributed by atoms with Crippen LogP contribution in [-0.2, 0) is 4.74 Å². The van der Waals surface area contributed by atoms with Crippen LogP contribution in [0.25, 0.3) is 0 Å². The summed E-state index contributed by atoms with van der Waals surface area (Å²) in [6, 6.07) is 0. The van der Waals surface area contributed by atoms with Crippen molar-refractivity contribution in [1.29, 1.82) is 0 Å². The van der Waals surface area contributed by atoms with E-state index in [0.29, 0.717) is 0 Å². The Labute approximate surface area is 91.7 Å². The van der Waals surface area contributed by atoms with Gasteiger partial charge in [0, 0.05) is 0 Å². The van der Waals surface area contributed by atoms with Crippen LogP contribution in [0.4, 0.5) is 0 Å². The highest BCUT2D eigenvalue weighted by Gasteiger charge is 2.45. The van der Waals surface area contributed by atoms with Gasteiger partial charge in [-0.25, -0.2) is 0 Å².